The van der Waals surface area contributed by atoms with Gasteiger partial charge in [-0.2, -0.15) is 0 Å². The molecule has 1 aliphatic carbocycles. The van der Waals surface area contributed by atoms with Crippen molar-refractivity contribution in [2.24, 2.45) is 0 Å². The fourth-order valence-corrected chi connectivity index (χ4v) is 2.95. The van der Waals surface area contributed by atoms with Crippen molar-refractivity contribution in [1.82, 2.24) is 10.6 Å². The largest absolute Gasteiger partial charge is 0.388 e. The molecule has 3 nitrogen and oxygen atoms in total. The minimum Gasteiger partial charge on any atom is -0.388 e. The van der Waals surface area contributed by atoms with Gasteiger partial charge in [-0.15, -0.1) is 11.8 Å². The lowest BCUT2D eigenvalue weighted by atomic mass is 10.2. The molecule has 1 rings (SSSR count). The Morgan fingerprint density at radius 1 is 1.35 bits per heavy atom. The zero-order chi connectivity index (χ0) is 15.0. The van der Waals surface area contributed by atoms with Crippen LogP contribution in [0, 0.1) is 0 Å². The third kappa shape index (κ3) is 6.09. The number of nitrogens with one attached hydrogen (secondary N) is 2. The molecule has 0 aromatic rings. The highest BCUT2D eigenvalue weighted by atomic mass is 32.2. The third-order valence-corrected chi connectivity index (χ3v) is 4.53. The van der Waals surface area contributed by atoms with Crippen molar-refractivity contribution in [2.75, 3.05) is 19.3 Å². The quantitative estimate of drug-likeness (QED) is 0.409. The maximum Gasteiger partial charge on any atom is 0.154 e. The van der Waals surface area contributed by atoms with Gasteiger partial charge < -0.3 is 10.6 Å². The molecule has 0 unspecified atom stereocenters. The standard InChI is InChI=1S/C15H24N2OS2/c1-11(10-12(2)18)16-8-5-9-17-14-7-4-6-13(14)15(19)20-3/h10,16-17H,4-9H2,1-3H3/b11-10+. The van der Waals surface area contributed by atoms with Crippen molar-refractivity contribution in [3.63, 3.8) is 0 Å². The first-order valence-electron chi connectivity index (χ1n) is 7.01. The summed E-state index contributed by atoms with van der Waals surface area (Å²) < 4.78 is 1.03. The molecule has 0 aliphatic heterocycles. The second-order valence-corrected chi connectivity index (χ2v) is 6.43. The molecule has 0 aromatic heterocycles. The molecular formula is C15H24N2OS2. The van der Waals surface area contributed by atoms with Gasteiger partial charge in [-0.3, -0.25) is 4.79 Å². The van der Waals surface area contributed by atoms with Gasteiger partial charge in [0.1, 0.15) is 0 Å². The van der Waals surface area contributed by atoms with Crippen LogP contribution in [-0.4, -0.2) is 29.3 Å². The molecule has 0 atom stereocenters. The number of thioether (sulfide) groups is 1. The van der Waals surface area contributed by atoms with Gasteiger partial charge >= 0.3 is 0 Å². The molecule has 0 aromatic carbocycles. The normalized spacial score (nSPS) is 15.4. The third-order valence-electron chi connectivity index (χ3n) is 3.17. The van der Waals surface area contributed by atoms with Crippen LogP contribution < -0.4 is 10.6 Å². The number of ketones is 1. The van der Waals surface area contributed by atoms with Crippen molar-refractivity contribution < 1.29 is 4.79 Å². The Hall–Kier alpha value is -0.810. The average Bonchev–Trinajstić information content (AvgIpc) is 2.85. The van der Waals surface area contributed by atoms with E-state index in [2.05, 4.69) is 10.6 Å². The Morgan fingerprint density at radius 2 is 2.10 bits per heavy atom. The van der Waals surface area contributed by atoms with Gasteiger partial charge in [0.05, 0.1) is 4.20 Å². The van der Waals surface area contributed by atoms with Crippen molar-refractivity contribution in [1.29, 1.82) is 0 Å². The summed E-state index contributed by atoms with van der Waals surface area (Å²) in [6.45, 7) is 5.30. The van der Waals surface area contributed by atoms with Gasteiger partial charge in [0.25, 0.3) is 0 Å². The van der Waals surface area contributed by atoms with Crippen LogP contribution in [0.2, 0.25) is 0 Å². The average molecular weight is 313 g/mol. The van der Waals surface area contributed by atoms with Crippen LogP contribution in [0.3, 0.4) is 0 Å². The lowest BCUT2D eigenvalue weighted by Gasteiger charge is -2.11. The van der Waals surface area contributed by atoms with E-state index in [1.807, 2.05) is 13.2 Å². The second kappa shape index (κ2) is 9.19. The van der Waals surface area contributed by atoms with Gasteiger partial charge in [0, 0.05) is 24.5 Å². The SMILES string of the molecule is CSC(=S)C1=C(NCCCN/C(C)=C/C(C)=O)CCC1. The van der Waals surface area contributed by atoms with Crippen molar-refractivity contribution in [3.8, 4) is 0 Å². The first-order chi connectivity index (χ1) is 9.54. The van der Waals surface area contributed by atoms with E-state index in [4.69, 9.17) is 12.2 Å². The van der Waals surface area contributed by atoms with Crippen LogP contribution in [0.1, 0.15) is 39.5 Å². The summed E-state index contributed by atoms with van der Waals surface area (Å²) in [5.74, 6) is 0.0828. The summed E-state index contributed by atoms with van der Waals surface area (Å²) in [5.41, 5.74) is 3.61. The fourth-order valence-electron chi connectivity index (χ4n) is 2.26. The molecule has 2 N–H and O–H groups in total. The molecule has 1 aliphatic rings. The Labute approximate surface area is 131 Å². The van der Waals surface area contributed by atoms with Crippen LogP contribution in [0.15, 0.2) is 23.0 Å². The first kappa shape index (κ1) is 17.2. The highest BCUT2D eigenvalue weighted by Gasteiger charge is 2.17. The van der Waals surface area contributed by atoms with E-state index in [1.165, 1.54) is 17.7 Å². The molecule has 0 saturated heterocycles. The lowest BCUT2D eigenvalue weighted by Crippen LogP contribution is -2.21. The summed E-state index contributed by atoms with van der Waals surface area (Å²) in [6.07, 6.45) is 8.12. The van der Waals surface area contributed by atoms with E-state index in [-0.39, 0.29) is 5.78 Å². The summed E-state index contributed by atoms with van der Waals surface area (Å²) in [7, 11) is 0. The first-order valence-corrected chi connectivity index (χ1v) is 8.65. The maximum atomic E-state index is 10.9. The van der Waals surface area contributed by atoms with Gasteiger partial charge in [0.15, 0.2) is 5.78 Å². The van der Waals surface area contributed by atoms with Crippen LogP contribution in [0.4, 0.5) is 0 Å². The van der Waals surface area contributed by atoms with E-state index in [0.29, 0.717) is 0 Å². The fraction of sp³-hybridized carbons (Fsp3) is 0.600. The molecular weight excluding hydrogens is 288 g/mol. The maximum absolute atomic E-state index is 10.9. The van der Waals surface area contributed by atoms with Crippen molar-refractivity contribution in [3.05, 3.63) is 23.0 Å². The zero-order valence-electron chi connectivity index (χ0n) is 12.5. The number of allylic oxidation sites excluding steroid dienone is 3. The number of rotatable bonds is 8. The molecule has 5 heteroatoms. The summed E-state index contributed by atoms with van der Waals surface area (Å²) in [5, 5.41) is 6.75. The van der Waals surface area contributed by atoms with E-state index in [0.717, 1.165) is 42.2 Å². The second-order valence-electron chi connectivity index (χ2n) is 4.95. The molecule has 112 valence electrons. The molecule has 0 bridgehead atoms. The zero-order valence-corrected chi connectivity index (χ0v) is 14.2. The Morgan fingerprint density at radius 3 is 2.75 bits per heavy atom. The van der Waals surface area contributed by atoms with Crippen molar-refractivity contribution >= 4 is 34.0 Å². The van der Waals surface area contributed by atoms with Gasteiger partial charge in [0.2, 0.25) is 0 Å². The van der Waals surface area contributed by atoms with Crippen LogP contribution in [0.5, 0.6) is 0 Å². The van der Waals surface area contributed by atoms with Crippen molar-refractivity contribution in [2.45, 2.75) is 39.5 Å². The minimum absolute atomic E-state index is 0.0828. The molecule has 0 heterocycles. The number of carbonyl (C=O) groups excluding carboxylic acids is 1. The summed E-state index contributed by atoms with van der Waals surface area (Å²) in [4.78, 5) is 10.9. The Bertz CT molecular complexity index is 428. The Balaban J connectivity index is 2.27. The van der Waals surface area contributed by atoms with E-state index < -0.39 is 0 Å². The number of carbonyl (C=O) groups is 1. The lowest BCUT2D eigenvalue weighted by molar-refractivity contribution is -0.112. The molecule has 0 fully saturated rings. The molecule has 0 spiro atoms. The predicted octanol–water partition coefficient (Wildman–Crippen LogP) is 3.18. The molecule has 0 radical (unpaired) electrons. The highest BCUT2D eigenvalue weighted by molar-refractivity contribution is 8.23. The summed E-state index contributed by atoms with van der Waals surface area (Å²) >= 11 is 7.04. The van der Waals surface area contributed by atoms with E-state index >= 15 is 0 Å². The minimum atomic E-state index is 0.0828. The highest BCUT2D eigenvalue weighted by Crippen LogP contribution is 2.28. The van der Waals surface area contributed by atoms with E-state index in [9.17, 15) is 4.79 Å². The van der Waals surface area contributed by atoms with Crippen LogP contribution >= 0.6 is 24.0 Å². The molecule has 0 amide bonds. The van der Waals surface area contributed by atoms with Crippen LogP contribution in [0.25, 0.3) is 0 Å². The van der Waals surface area contributed by atoms with Crippen LogP contribution in [-0.2, 0) is 4.79 Å². The van der Waals surface area contributed by atoms with E-state index in [1.54, 1.807) is 24.8 Å². The van der Waals surface area contributed by atoms with Gasteiger partial charge in [-0.25, -0.2) is 0 Å². The van der Waals surface area contributed by atoms with Gasteiger partial charge in [-0.1, -0.05) is 12.2 Å². The molecule has 20 heavy (non-hydrogen) atoms. The monoisotopic (exact) mass is 312 g/mol. The number of hydrogen-bond donors (Lipinski definition) is 2. The topological polar surface area (TPSA) is 41.1 Å². The number of hydrogen-bond acceptors (Lipinski definition) is 5. The Kier molecular flexibility index (Phi) is 7.92. The predicted molar refractivity (Wildman–Crippen MR) is 92.1 cm³/mol. The smallest absolute Gasteiger partial charge is 0.154 e. The van der Waals surface area contributed by atoms with Gasteiger partial charge in [-0.05, 0) is 57.4 Å². The molecule has 0 saturated carbocycles. The number of thiocarbonyl (C=S) groups is 1. The summed E-state index contributed by atoms with van der Waals surface area (Å²) in [6, 6.07) is 0.